The summed E-state index contributed by atoms with van der Waals surface area (Å²) in [6.07, 6.45) is 0. The molecule has 4 rings (SSSR count). The van der Waals surface area contributed by atoms with Gasteiger partial charge >= 0.3 is 0 Å². The number of aryl methyl sites for hydroxylation is 3. The summed E-state index contributed by atoms with van der Waals surface area (Å²) in [5, 5.41) is 3.52. The number of benzene rings is 3. The highest BCUT2D eigenvalue weighted by Crippen LogP contribution is 2.31. The summed E-state index contributed by atoms with van der Waals surface area (Å²) >= 11 is 6.33. The molecule has 0 radical (unpaired) electrons. The molecule has 0 bridgehead atoms. The second-order valence-corrected chi connectivity index (χ2v) is 7.42. The van der Waals surface area contributed by atoms with Crippen LogP contribution in [0.5, 0.6) is 0 Å². The number of carbonyl (C=O) groups is 1. The minimum absolute atomic E-state index is 0.156. The van der Waals surface area contributed by atoms with Gasteiger partial charge in [0.25, 0.3) is 5.91 Å². The molecule has 1 heterocycles. The van der Waals surface area contributed by atoms with Gasteiger partial charge in [0.15, 0.2) is 5.58 Å². The number of hydrogen-bond donors (Lipinski definition) is 1. The number of nitrogens with zero attached hydrogens (tertiary/aromatic N) is 1. The lowest BCUT2D eigenvalue weighted by Crippen LogP contribution is -2.12. The highest BCUT2D eigenvalue weighted by atomic mass is 35.5. The summed E-state index contributed by atoms with van der Waals surface area (Å²) in [6.45, 7) is 5.93. The lowest BCUT2D eigenvalue weighted by molar-refractivity contribution is 0.102. The summed E-state index contributed by atoms with van der Waals surface area (Å²) < 4.78 is 5.84. The zero-order chi connectivity index (χ0) is 19.8. The number of aromatic nitrogens is 1. The van der Waals surface area contributed by atoms with Crippen molar-refractivity contribution in [2.45, 2.75) is 20.8 Å². The topological polar surface area (TPSA) is 55.1 Å². The molecule has 0 aliphatic heterocycles. The Kier molecular flexibility index (Phi) is 4.65. The normalized spacial score (nSPS) is 11.0. The molecule has 3 aromatic carbocycles. The van der Waals surface area contributed by atoms with Crippen molar-refractivity contribution in [3.63, 3.8) is 0 Å². The predicted molar refractivity (Wildman–Crippen MR) is 113 cm³/mol. The van der Waals surface area contributed by atoms with Crippen LogP contribution in [0.2, 0.25) is 5.02 Å². The van der Waals surface area contributed by atoms with Gasteiger partial charge in [0.1, 0.15) is 5.52 Å². The fourth-order valence-electron chi connectivity index (χ4n) is 3.22. The third-order valence-corrected chi connectivity index (χ3v) is 4.80. The molecule has 5 heteroatoms. The van der Waals surface area contributed by atoms with Crippen molar-refractivity contribution in [2.24, 2.45) is 0 Å². The Morgan fingerprint density at radius 1 is 0.929 bits per heavy atom. The monoisotopic (exact) mass is 390 g/mol. The smallest absolute Gasteiger partial charge is 0.255 e. The highest BCUT2D eigenvalue weighted by molar-refractivity contribution is 6.33. The van der Waals surface area contributed by atoms with Crippen LogP contribution >= 0.6 is 11.6 Å². The number of hydrogen-bond acceptors (Lipinski definition) is 3. The molecule has 1 amide bonds. The lowest BCUT2D eigenvalue weighted by Gasteiger charge is -2.07. The van der Waals surface area contributed by atoms with Crippen molar-refractivity contribution in [3.05, 3.63) is 81.9 Å². The Morgan fingerprint density at radius 3 is 2.39 bits per heavy atom. The first-order chi connectivity index (χ1) is 13.4. The van der Waals surface area contributed by atoms with E-state index < -0.39 is 0 Å². The van der Waals surface area contributed by atoms with Crippen LogP contribution in [0.3, 0.4) is 0 Å². The first-order valence-electron chi connectivity index (χ1n) is 8.96. The molecule has 28 heavy (non-hydrogen) atoms. The van der Waals surface area contributed by atoms with Gasteiger partial charge in [-0.2, -0.15) is 0 Å². The molecule has 1 N–H and O–H groups in total. The number of halogens is 1. The number of amides is 1. The van der Waals surface area contributed by atoms with Gasteiger partial charge in [-0.3, -0.25) is 4.79 Å². The van der Waals surface area contributed by atoms with Crippen LogP contribution in [0.4, 0.5) is 5.69 Å². The minimum atomic E-state index is -0.156. The van der Waals surface area contributed by atoms with Gasteiger partial charge in [0.2, 0.25) is 5.89 Å². The van der Waals surface area contributed by atoms with Crippen LogP contribution in [-0.2, 0) is 0 Å². The molecular formula is C23H19ClN2O2. The van der Waals surface area contributed by atoms with E-state index in [2.05, 4.69) is 10.3 Å². The molecule has 0 unspecified atom stereocenters. The second-order valence-electron chi connectivity index (χ2n) is 7.02. The summed E-state index contributed by atoms with van der Waals surface area (Å²) in [5.74, 6) is 0.300. The van der Waals surface area contributed by atoms with Gasteiger partial charge in [-0.1, -0.05) is 34.9 Å². The van der Waals surface area contributed by atoms with Gasteiger partial charge in [0, 0.05) is 11.3 Å². The molecule has 1 aromatic heterocycles. The molecule has 0 aliphatic carbocycles. The zero-order valence-electron chi connectivity index (χ0n) is 15.8. The van der Waals surface area contributed by atoms with Gasteiger partial charge in [-0.05, 0) is 68.8 Å². The predicted octanol–water partition coefficient (Wildman–Crippen LogP) is 6.33. The second kappa shape index (κ2) is 7.13. The number of oxazole rings is 1. The first kappa shape index (κ1) is 18.3. The SMILES string of the molecule is Cc1cc(C)cc(C(=O)Nc2ccc3oc(-c4ccc(C)cc4Cl)nc3c2)c1. The molecule has 0 fully saturated rings. The molecule has 0 aliphatic rings. The number of nitrogens with one attached hydrogen (secondary N) is 1. The van der Waals surface area contributed by atoms with E-state index in [0.717, 1.165) is 22.3 Å². The van der Waals surface area contributed by atoms with E-state index >= 15 is 0 Å². The Hall–Kier alpha value is -3.11. The molecule has 4 aromatic rings. The molecule has 0 spiro atoms. The maximum atomic E-state index is 12.6. The molecular weight excluding hydrogens is 372 g/mol. The Bertz CT molecular complexity index is 1190. The van der Waals surface area contributed by atoms with Crippen molar-refractivity contribution in [1.82, 2.24) is 4.98 Å². The van der Waals surface area contributed by atoms with E-state index in [1.165, 1.54) is 0 Å². The maximum Gasteiger partial charge on any atom is 0.255 e. The van der Waals surface area contributed by atoms with Crippen molar-refractivity contribution >= 4 is 34.3 Å². The Morgan fingerprint density at radius 2 is 1.68 bits per heavy atom. The number of rotatable bonds is 3. The third kappa shape index (κ3) is 3.64. The lowest BCUT2D eigenvalue weighted by atomic mass is 10.1. The fourth-order valence-corrected chi connectivity index (χ4v) is 3.54. The van der Waals surface area contributed by atoms with Crippen molar-refractivity contribution < 1.29 is 9.21 Å². The first-order valence-corrected chi connectivity index (χ1v) is 9.33. The van der Waals surface area contributed by atoms with Crippen LogP contribution < -0.4 is 5.32 Å². The third-order valence-electron chi connectivity index (χ3n) is 4.48. The molecule has 0 saturated carbocycles. The van der Waals surface area contributed by atoms with Gasteiger partial charge < -0.3 is 9.73 Å². The van der Waals surface area contributed by atoms with E-state index in [1.54, 1.807) is 18.2 Å². The summed E-state index contributed by atoms with van der Waals surface area (Å²) in [6, 6.07) is 16.9. The Balaban J connectivity index is 1.63. The molecule has 0 atom stereocenters. The van der Waals surface area contributed by atoms with E-state index in [0.29, 0.717) is 33.3 Å². The maximum absolute atomic E-state index is 12.6. The average Bonchev–Trinajstić information content (AvgIpc) is 3.03. The van der Waals surface area contributed by atoms with Crippen molar-refractivity contribution in [2.75, 3.05) is 5.32 Å². The van der Waals surface area contributed by atoms with E-state index in [1.807, 2.05) is 57.2 Å². The molecule has 140 valence electrons. The van der Waals surface area contributed by atoms with Crippen LogP contribution in [0, 0.1) is 20.8 Å². The van der Waals surface area contributed by atoms with Crippen LogP contribution in [-0.4, -0.2) is 10.9 Å². The van der Waals surface area contributed by atoms with Crippen molar-refractivity contribution in [3.8, 4) is 11.5 Å². The van der Waals surface area contributed by atoms with Gasteiger partial charge in [-0.15, -0.1) is 0 Å². The highest BCUT2D eigenvalue weighted by Gasteiger charge is 2.13. The molecule has 4 nitrogen and oxygen atoms in total. The van der Waals surface area contributed by atoms with E-state index in [9.17, 15) is 4.79 Å². The zero-order valence-corrected chi connectivity index (χ0v) is 16.6. The van der Waals surface area contributed by atoms with Crippen molar-refractivity contribution in [1.29, 1.82) is 0 Å². The summed E-state index contributed by atoms with van der Waals surface area (Å²) in [7, 11) is 0. The quantitative estimate of drug-likeness (QED) is 0.445. The number of fused-ring (bicyclic) bond motifs is 1. The molecule has 0 saturated heterocycles. The van der Waals surface area contributed by atoms with Crippen LogP contribution in [0.1, 0.15) is 27.0 Å². The van der Waals surface area contributed by atoms with Crippen LogP contribution in [0.15, 0.2) is 59.0 Å². The average molecular weight is 391 g/mol. The number of carbonyl (C=O) groups excluding carboxylic acids is 1. The van der Waals surface area contributed by atoms with Gasteiger partial charge in [-0.25, -0.2) is 4.98 Å². The van der Waals surface area contributed by atoms with E-state index in [-0.39, 0.29) is 5.91 Å². The standard InChI is InChI=1S/C23H19ClN2O2/c1-13-4-6-18(19(24)11-13)23-26-20-12-17(5-7-21(20)28-23)25-22(27)16-9-14(2)8-15(3)10-16/h4-12H,1-3H3,(H,25,27). The number of anilines is 1. The summed E-state index contributed by atoms with van der Waals surface area (Å²) in [5.41, 5.74) is 6.50. The van der Waals surface area contributed by atoms with Gasteiger partial charge in [0.05, 0.1) is 10.6 Å². The minimum Gasteiger partial charge on any atom is -0.436 e. The Labute approximate surface area is 168 Å². The fraction of sp³-hybridized carbons (Fsp3) is 0.130. The summed E-state index contributed by atoms with van der Waals surface area (Å²) in [4.78, 5) is 17.1. The van der Waals surface area contributed by atoms with Crippen LogP contribution in [0.25, 0.3) is 22.6 Å². The largest absolute Gasteiger partial charge is 0.436 e. The van der Waals surface area contributed by atoms with E-state index in [4.69, 9.17) is 16.0 Å².